The van der Waals surface area contributed by atoms with Crippen molar-refractivity contribution in [3.63, 3.8) is 0 Å². The fraction of sp³-hybridized carbons (Fsp3) is 0.364. The molecule has 0 saturated carbocycles. The van der Waals surface area contributed by atoms with Gasteiger partial charge in [-0.05, 0) is 62.4 Å². The third kappa shape index (κ3) is 5.69. The Kier molecular flexibility index (Phi) is 7.06. The van der Waals surface area contributed by atoms with Crippen LogP contribution in [0.3, 0.4) is 0 Å². The molecule has 0 aliphatic heterocycles. The number of ether oxygens (including phenoxy) is 1. The molecule has 1 aromatic carbocycles. The lowest BCUT2D eigenvalue weighted by atomic mass is 9.95. The summed E-state index contributed by atoms with van der Waals surface area (Å²) in [4.78, 5) is 49.2. The molecule has 2 aromatic rings. The van der Waals surface area contributed by atoms with E-state index < -0.39 is 18.0 Å². The Morgan fingerprint density at radius 3 is 2.10 bits per heavy atom. The molecule has 0 fully saturated rings. The van der Waals surface area contributed by atoms with E-state index in [1.165, 1.54) is 32.1 Å². The summed E-state index contributed by atoms with van der Waals surface area (Å²) in [5, 5.41) is 8.53. The molecule has 8 nitrogen and oxygen atoms in total. The van der Waals surface area contributed by atoms with Crippen LogP contribution < -0.4 is 16.0 Å². The Hall–Kier alpha value is -3.20. The van der Waals surface area contributed by atoms with E-state index in [4.69, 9.17) is 4.74 Å². The number of aryl methyl sites for hydroxylation is 1. The van der Waals surface area contributed by atoms with Crippen molar-refractivity contribution in [2.45, 2.75) is 52.6 Å². The molecule has 0 bridgehead atoms. The second-order valence-corrected chi connectivity index (χ2v) is 8.50. The molecule has 3 N–H and O–H groups in total. The fourth-order valence-corrected chi connectivity index (χ4v) is 4.71. The molecule has 164 valence electrons. The van der Waals surface area contributed by atoms with Gasteiger partial charge in [0.1, 0.15) is 5.00 Å². The zero-order valence-corrected chi connectivity index (χ0v) is 18.5. The SMILES string of the molecule is CC(=O)Nc1ccc(NC(=O)[C@@H](C)OC(=O)c2c(NC(C)=O)sc3c2CCCC3)cc1. The molecule has 1 aliphatic carbocycles. The highest BCUT2D eigenvalue weighted by molar-refractivity contribution is 7.17. The summed E-state index contributed by atoms with van der Waals surface area (Å²) in [7, 11) is 0. The summed E-state index contributed by atoms with van der Waals surface area (Å²) in [5.41, 5.74) is 2.38. The van der Waals surface area contributed by atoms with E-state index >= 15 is 0 Å². The van der Waals surface area contributed by atoms with Crippen LogP contribution in [0, 0.1) is 0 Å². The quantitative estimate of drug-likeness (QED) is 0.589. The van der Waals surface area contributed by atoms with Crippen LogP contribution in [0.25, 0.3) is 0 Å². The predicted molar refractivity (Wildman–Crippen MR) is 120 cm³/mol. The van der Waals surface area contributed by atoms with E-state index in [1.807, 2.05) is 0 Å². The lowest BCUT2D eigenvalue weighted by Gasteiger charge is -2.16. The molecular weight excluding hydrogens is 418 g/mol. The molecule has 0 spiro atoms. The smallest absolute Gasteiger partial charge is 0.342 e. The van der Waals surface area contributed by atoms with Crippen molar-refractivity contribution in [1.82, 2.24) is 0 Å². The van der Waals surface area contributed by atoms with Gasteiger partial charge in [0.05, 0.1) is 5.56 Å². The molecule has 1 atom stereocenters. The monoisotopic (exact) mass is 443 g/mol. The number of rotatable bonds is 6. The second-order valence-electron chi connectivity index (χ2n) is 7.39. The van der Waals surface area contributed by atoms with Gasteiger partial charge in [-0.25, -0.2) is 4.79 Å². The molecular formula is C22H25N3O5S. The first-order valence-electron chi connectivity index (χ1n) is 10.1. The van der Waals surface area contributed by atoms with E-state index in [1.54, 1.807) is 24.3 Å². The molecule has 1 aromatic heterocycles. The van der Waals surface area contributed by atoms with Crippen molar-refractivity contribution in [2.24, 2.45) is 0 Å². The summed E-state index contributed by atoms with van der Waals surface area (Å²) in [6, 6.07) is 6.60. The minimum atomic E-state index is -1.04. The maximum Gasteiger partial charge on any atom is 0.342 e. The highest BCUT2D eigenvalue weighted by Gasteiger charge is 2.29. The average molecular weight is 444 g/mol. The molecule has 31 heavy (non-hydrogen) atoms. The summed E-state index contributed by atoms with van der Waals surface area (Å²) in [6.07, 6.45) is 2.59. The van der Waals surface area contributed by atoms with Gasteiger partial charge in [0.2, 0.25) is 11.8 Å². The zero-order chi connectivity index (χ0) is 22.5. The van der Waals surface area contributed by atoms with Crippen molar-refractivity contribution >= 4 is 51.4 Å². The Morgan fingerprint density at radius 2 is 1.48 bits per heavy atom. The summed E-state index contributed by atoms with van der Waals surface area (Å²) < 4.78 is 5.44. The van der Waals surface area contributed by atoms with Crippen LogP contribution in [0.4, 0.5) is 16.4 Å². The van der Waals surface area contributed by atoms with Gasteiger partial charge >= 0.3 is 5.97 Å². The van der Waals surface area contributed by atoms with E-state index in [-0.39, 0.29) is 11.8 Å². The van der Waals surface area contributed by atoms with E-state index in [2.05, 4.69) is 16.0 Å². The molecule has 3 rings (SSSR count). The van der Waals surface area contributed by atoms with Crippen LogP contribution in [0.1, 0.15) is 54.4 Å². The van der Waals surface area contributed by atoms with Crippen LogP contribution in [0.15, 0.2) is 24.3 Å². The minimum absolute atomic E-state index is 0.188. The van der Waals surface area contributed by atoms with Crippen LogP contribution >= 0.6 is 11.3 Å². The highest BCUT2D eigenvalue weighted by Crippen LogP contribution is 2.38. The Morgan fingerprint density at radius 1 is 0.903 bits per heavy atom. The third-order valence-corrected chi connectivity index (χ3v) is 6.00. The molecule has 3 amide bonds. The number of thiophene rings is 1. The van der Waals surface area contributed by atoms with Gasteiger partial charge in [-0.3, -0.25) is 14.4 Å². The van der Waals surface area contributed by atoms with Gasteiger partial charge in [0.15, 0.2) is 6.10 Å². The molecule has 1 heterocycles. The van der Waals surface area contributed by atoms with Gasteiger partial charge in [0.25, 0.3) is 5.91 Å². The van der Waals surface area contributed by atoms with Crippen molar-refractivity contribution in [3.05, 3.63) is 40.3 Å². The van der Waals surface area contributed by atoms with Crippen LogP contribution in [0.2, 0.25) is 0 Å². The lowest BCUT2D eigenvalue weighted by molar-refractivity contribution is -0.123. The summed E-state index contributed by atoms with van der Waals surface area (Å²) in [5.74, 6) is -1.55. The maximum absolute atomic E-state index is 12.9. The van der Waals surface area contributed by atoms with E-state index in [0.29, 0.717) is 21.9 Å². The Labute approximate surface area is 184 Å². The Balaban J connectivity index is 1.68. The number of hydrogen-bond donors (Lipinski definition) is 3. The number of hydrogen-bond acceptors (Lipinski definition) is 6. The van der Waals surface area contributed by atoms with Gasteiger partial charge in [0, 0.05) is 30.1 Å². The predicted octanol–water partition coefficient (Wildman–Crippen LogP) is 3.73. The number of nitrogens with one attached hydrogen (secondary N) is 3. The summed E-state index contributed by atoms with van der Waals surface area (Å²) in [6.45, 7) is 4.30. The number of benzene rings is 1. The van der Waals surface area contributed by atoms with E-state index in [9.17, 15) is 19.2 Å². The number of carbonyl (C=O) groups excluding carboxylic acids is 4. The molecule has 0 saturated heterocycles. The number of fused-ring (bicyclic) bond motifs is 1. The number of anilines is 3. The zero-order valence-electron chi connectivity index (χ0n) is 17.7. The largest absolute Gasteiger partial charge is 0.449 e. The maximum atomic E-state index is 12.9. The topological polar surface area (TPSA) is 114 Å². The number of carbonyl (C=O) groups is 4. The van der Waals surface area contributed by atoms with Crippen molar-refractivity contribution in [2.75, 3.05) is 16.0 Å². The van der Waals surface area contributed by atoms with E-state index in [0.717, 1.165) is 36.1 Å². The fourth-order valence-electron chi connectivity index (χ4n) is 3.39. The van der Waals surface area contributed by atoms with Gasteiger partial charge in [-0.2, -0.15) is 0 Å². The first-order chi connectivity index (χ1) is 14.7. The van der Waals surface area contributed by atoms with Gasteiger partial charge in [-0.15, -0.1) is 11.3 Å². The second kappa shape index (κ2) is 9.74. The Bertz CT molecular complexity index is 1010. The van der Waals surface area contributed by atoms with Crippen LogP contribution in [0.5, 0.6) is 0 Å². The lowest BCUT2D eigenvalue weighted by Crippen LogP contribution is -2.30. The first kappa shape index (κ1) is 22.5. The summed E-state index contributed by atoms with van der Waals surface area (Å²) >= 11 is 1.40. The molecule has 9 heteroatoms. The normalized spacial score (nSPS) is 13.5. The number of esters is 1. The van der Waals surface area contributed by atoms with Crippen molar-refractivity contribution in [1.29, 1.82) is 0 Å². The first-order valence-corrected chi connectivity index (χ1v) is 10.9. The molecule has 1 aliphatic rings. The van der Waals surface area contributed by atoms with Crippen LogP contribution in [-0.4, -0.2) is 29.8 Å². The highest BCUT2D eigenvalue weighted by atomic mass is 32.1. The third-order valence-electron chi connectivity index (χ3n) is 4.79. The van der Waals surface area contributed by atoms with Crippen molar-refractivity contribution in [3.8, 4) is 0 Å². The van der Waals surface area contributed by atoms with Gasteiger partial charge < -0.3 is 20.7 Å². The van der Waals surface area contributed by atoms with Crippen LogP contribution in [-0.2, 0) is 32.0 Å². The average Bonchev–Trinajstić information content (AvgIpc) is 3.06. The standard InChI is InChI=1S/C22H25N3O5S/c1-12(20(28)25-16-10-8-15(9-11-16)23-13(2)26)30-22(29)19-17-6-4-5-7-18(17)31-21(19)24-14(3)27/h8-12H,4-7H2,1-3H3,(H,23,26)(H,24,27)(H,25,28)/t12-/m1/s1. The van der Waals surface area contributed by atoms with Crippen molar-refractivity contribution < 1.29 is 23.9 Å². The van der Waals surface area contributed by atoms with Gasteiger partial charge in [-0.1, -0.05) is 0 Å². The number of amides is 3. The molecule has 0 radical (unpaired) electrons. The minimum Gasteiger partial charge on any atom is -0.449 e. The molecule has 0 unspecified atom stereocenters.